The number of nitrogens with zero attached hydrogens (tertiary/aromatic N) is 1. The fourth-order valence-corrected chi connectivity index (χ4v) is 8.29. The summed E-state index contributed by atoms with van der Waals surface area (Å²) in [6, 6.07) is 20.7. The standard InChI is InChI=1S/C51H66N8O9S/c1-5-6-9-34-11-14-36(15-12-34)37-16-18-38(19-17-37)48(61)57-42(10-7-23-52)51(64)59(3)46-39-20-22-45(68-28-25-54)41(32-39)40-30-35(13-21-44(40)67-27-24-53)31-43(58-47(60)33(2)56-50(46)63)49(62)55-26-8-29-69(4,65)66/h8,11-22,29-30,32-33,42-43,46H,5-7,9-10,23-28,31,52-54H2,1-4H3,(H,55,62)(H,56,63)(H,57,61)(H,58,60)/b29-8+/t33-,42-,43-,46-/m0/s1. The van der Waals surface area contributed by atoms with Crippen molar-refractivity contribution in [1.29, 1.82) is 0 Å². The van der Waals surface area contributed by atoms with E-state index in [9.17, 15) is 32.4 Å². The molecule has 0 aromatic heterocycles. The molecule has 0 saturated carbocycles. The highest BCUT2D eigenvalue weighted by Crippen LogP contribution is 2.40. The van der Waals surface area contributed by atoms with Crippen LogP contribution in [0.2, 0.25) is 0 Å². The predicted octanol–water partition coefficient (Wildman–Crippen LogP) is 3.30. The highest BCUT2D eigenvalue weighted by Gasteiger charge is 2.36. The lowest BCUT2D eigenvalue weighted by Gasteiger charge is -2.32. The van der Waals surface area contributed by atoms with Crippen LogP contribution in [0.5, 0.6) is 11.5 Å². The first-order valence-corrected chi connectivity index (χ1v) is 25.2. The molecule has 17 nitrogen and oxygen atoms in total. The number of ether oxygens (including phenoxy) is 2. The van der Waals surface area contributed by atoms with Crippen molar-refractivity contribution < 1.29 is 41.9 Å². The van der Waals surface area contributed by atoms with Crippen LogP contribution in [0.15, 0.2) is 96.4 Å². The van der Waals surface area contributed by atoms with Crippen LogP contribution in [0.1, 0.15) is 72.6 Å². The first-order valence-electron chi connectivity index (χ1n) is 23.2. The minimum atomic E-state index is -3.46. The Morgan fingerprint density at radius 2 is 1.45 bits per heavy atom. The van der Waals surface area contributed by atoms with E-state index >= 15 is 0 Å². The van der Waals surface area contributed by atoms with E-state index in [4.69, 9.17) is 26.7 Å². The molecule has 5 amide bonds. The topological polar surface area (TPSA) is 267 Å². The molecule has 0 fully saturated rings. The fourth-order valence-electron chi connectivity index (χ4n) is 7.84. The molecule has 4 atom stereocenters. The average molecular weight is 967 g/mol. The molecule has 5 rings (SSSR count). The molecule has 4 aromatic carbocycles. The number of fused-ring (bicyclic) bond motifs is 5. The van der Waals surface area contributed by atoms with E-state index in [0.717, 1.165) is 42.1 Å². The number of sulfone groups is 1. The molecule has 0 unspecified atom stereocenters. The van der Waals surface area contributed by atoms with Crippen molar-refractivity contribution in [2.24, 2.45) is 17.2 Å². The molecule has 1 aliphatic rings. The molecule has 10 N–H and O–H groups in total. The normalized spacial score (nSPS) is 16.7. The molecular weight excluding hydrogens is 901 g/mol. The zero-order valence-electron chi connectivity index (χ0n) is 39.8. The van der Waals surface area contributed by atoms with Gasteiger partial charge in [-0.3, -0.25) is 24.0 Å². The smallest absolute Gasteiger partial charge is 0.251 e. The SMILES string of the molecule is CCCCc1ccc(-c2ccc(C(=O)N[C@@H](CCCN)C(=O)N(C)[C@@H]3C(=O)N[C@@H](C)C(=O)N[C@H](C(=O)NC/C=C/S(C)(=O)=O)Cc4ccc(OCCN)c(c4)-c4cc3ccc4OCCN)cc2)cc1. The molecule has 1 heterocycles. The van der Waals surface area contributed by atoms with Gasteiger partial charge in [-0.05, 0) is 103 Å². The first-order chi connectivity index (χ1) is 33.1. The number of hydrogen-bond donors (Lipinski definition) is 7. The first kappa shape index (κ1) is 53.4. The van der Waals surface area contributed by atoms with Gasteiger partial charge in [-0.15, -0.1) is 0 Å². The lowest BCUT2D eigenvalue weighted by atomic mass is 9.93. The number of likely N-dealkylation sites (N-methyl/N-ethyl adjacent to an activating group) is 1. The van der Waals surface area contributed by atoms with Crippen molar-refractivity contribution in [2.45, 2.75) is 76.5 Å². The summed E-state index contributed by atoms with van der Waals surface area (Å²) < 4.78 is 35.6. The fraction of sp³-hybridized carbons (Fsp3) is 0.392. The Kier molecular flexibility index (Phi) is 19.9. The van der Waals surface area contributed by atoms with Gasteiger partial charge in [-0.25, -0.2) is 8.42 Å². The minimum Gasteiger partial charge on any atom is -0.492 e. The molecule has 69 heavy (non-hydrogen) atoms. The second-order valence-corrected chi connectivity index (χ2v) is 18.9. The molecule has 0 aliphatic carbocycles. The van der Waals surface area contributed by atoms with E-state index in [2.05, 4.69) is 52.5 Å². The summed E-state index contributed by atoms with van der Waals surface area (Å²) in [5.74, 6) is -2.42. The molecular formula is C51H66N8O9S. The number of unbranched alkanes of at least 4 members (excludes halogenated alkanes) is 1. The number of amides is 5. The Balaban J connectivity index is 1.53. The number of nitrogens with two attached hydrogens (primary N) is 3. The molecule has 0 saturated heterocycles. The van der Waals surface area contributed by atoms with Crippen LogP contribution in [0.25, 0.3) is 22.3 Å². The van der Waals surface area contributed by atoms with Crippen molar-refractivity contribution in [2.75, 3.05) is 52.7 Å². The molecule has 1 aliphatic heterocycles. The minimum absolute atomic E-state index is 0.0240. The van der Waals surface area contributed by atoms with E-state index in [1.807, 2.05) is 12.1 Å². The second-order valence-electron chi connectivity index (χ2n) is 17.0. The van der Waals surface area contributed by atoms with Gasteiger partial charge in [0.15, 0.2) is 9.84 Å². The number of rotatable bonds is 21. The van der Waals surface area contributed by atoms with Gasteiger partial charge in [-0.1, -0.05) is 68.0 Å². The number of hydrogen-bond acceptors (Lipinski definition) is 12. The lowest BCUT2D eigenvalue weighted by Crippen LogP contribution is -2.56. The predicted molar refractivity (Wildman–Crippen MR) is 267 cm³/mol. The quantitative estimate of drug-likeness (QED) is 0.0635. The van der Waals surface area contributed by atoms with Gasteiger partial charge in [-0.2, -0.15) is 0 Å². The number of aryl methyl sites for hydroxylation is 1. The molecule has 370 valence electrons. The third-order valence-electron chi connectivity index (χ3n) is 11.5. The van der Waals surface area contributed by atoms with E-state index in [1.165, 1.54) is 30.5 Å². The summed E-state index contributed by atoms with van der Waals surface area (Å²) in [6.45, 7) is 4.32. The highest BCUT2D eigenvalue weighted by molar-refractivity contribution is 7.93. The van der Waals surface area contributed by atoms with Gasteiger partial charge in [0.25, 0.3) is 5.91 Å². The molecule has 0 radical (unpaired) electrons. The van der Waals surface area contributed by atoms with Crippen molar-refractivity contribution >= 4 is 39.4 Å². The third kappa shape index (κ3) is 15.2. The zero-order valence-corrected chi connectivity index (χ0v) is 40.6. The van der Waals surface area contributed by atoms with Crippen LogP contribution in [-0.4, -0.2) is 114 Å². The van der Waals surface area contributed by atoms with Gasteiger partial charge >= 0.3 is 0 Å². The van der Waals surface area contributed by atoms with E-state index in [1.54, 1.807) is 48.5 Å². The van der Waals surface area contributed by atoms with Crippen molar-refractivity contribution in [3.05, 3.63) is 119 Å². The number of benzene rings is 4. The van der Waals surface area contributed by atoms with E-state index < -0.39 is 63.5 Å². The Morgan fingerprint density at radius 1 is 0.826 bits per heavy atom. The maximum Gasteiger partial charge on any atom is 0.251 e. The summed E-state index contributed by atoms with van der Waals surface area (Å²) in [5, 5.41) is 12.0. The van der Waals surface area contributed by atoms with Gasteiger partial charge in [0, 0.05) is 61.5 Å². The second kappa shape index (κ2) is 25.7. The molecule has 4 bridgehead atoms. The Labute approximate surface area is 404 Å². The summed E-state index contributed by atoms with van der Waals surface area (Å²) in [4.78, 5) is 72.1. The van der Waals surface area contributed by atoms with Crippen molar-refractivity contribution in [3.63, 3.8) is 0 Å². The van der Waals surface area contributed by atoms with Crippen LogP contribution < -0.4 is 47.9 Å². The van der Waals surface area contributed by atoms with Gasteiger partial charge in [0.1, 0.15) is 48.9 Å². The molecule has 18 heteroatoms. The molecule has 0 spiro atoms. The van der Waals surface area contributed by atoms with Crippen LogP contribution in [0, 0.1) is 0 Å². The largest absolute Gasteiger partial charge is 0.492 e. The van der Waals surface area contributed by atoms with E-state index in [0.29, 0.717) is 45.7 Å². The highest BCUT2D eigenvalue weighted by atomic mass is 32.2. The van der Waals surface area contributed by atoms with Crippen LogP contribution in [0.4, 0.5) is 0 Å². The van der Waals surface area contributed by atoms with Crippen LogP contribution in [0.3, 0.4) is 0 Å². The third-order valence-corrected chi connectivity index (χ3v) is 12.2. The Morgan fingerprint density at radius 3 is 2.06 bits per heavy atom. The summed E-state index contributed by atoms with van der Waals surface area (Å²) in [5.41, 5.74) is 23.0. The molecule has 4 aromatic rings. The summed E-state index contributed by atoms with van der Waals surface area (Å²) >= 11 is 0. The van der Waals surface area contributed by atoms with Gasteiger partial charge < -0.3 is 52.8 Å². The van der Waals surface area contributed by atoms with Gasteiger partial charge in [0.05, 0.1) is 0 Å². The van der Waals surface area contributed by atoms with Gasteiger partial charge in [0.2, 0.25) is 23.6 Å². The number of nitrogens with one attached hydrogen (secondary N) is 4. The summed E-state index contributed by atoms with van der Waals surface area (Å²) in [7, 11) is -2.02. The Bertz CT molecular complexity index is 2550. The maximum absolute atomic E-state index is 14.8. The Hall–Kier alpha value is -6.60. The number of carbonyl (C=O) groups is 5. The van der Waals surface area contributed by atoms with Crippen LogP contribution in [-0.2, 0) is 41.9 Å². The van der Waals surface area contributed by atoms with Crippen molar-refractivity contribution in [1.82, 2.24) is 26.2 Å². The zero-order chi connectivity index (χ0) is 50.1. The van der Waals surface area contributed by atoms with Crippen LogP contribution >= 0.6 is 0 Å². The number of carbonyl (C=O) groups excluding carboxylic acids is 5. The lowest BCUT2D eigenvalue weighted by molar-refractivity contribution is -0.141. The van der Waals surface area contributed by atoms with E-state index in [-0.39, 0.29) is 52.2 Å². The maximum atomic E-state index is 14.8. The average Bonchev–Trinajstić information content (AvgIpc) is 3.34. The monoisotopic (exact) mass is 966 g/mol. The summed E-state index contributed by atoms with van der Waals surface area (Å²) in [6.07, 6.45) is 6.03. The van der Waals surface area contributed by atoms with Crippen molar-refractivity contribution in [3.8, 4) is 33.8 Å².